The Morgan fingerprint density at radius 2 is 1.58 bits per heavy atom. The Hall–Kier alpha value is -1.76. The Morgan fingerprint density at radius 3 is 1.96 bits per heavy atom. The van der Waals surface area contributed by atoms with Crippen molar-refractivity contribution in [2.75, 3.05) is 0 Å². The van der Waals surface area contributed by atoms with Crippen LogP contribution in [0.2, 0.25) is 4.31 Å². The molecule has 0 bridgehead atoms. The Kier molecular flexibility index (Phi) is 7.07. The van der Waals surface area contributed by atoms with Gasteiger partial charge in [0.15, 0.2) is 0 Å². The van der Waals surface area contributed by atoms with Crippen LogP contribution in [0.15, 0.2) is 18.2 Å². The Balaban J connectivity index is 0.000000272. The maximum absolute atomic E-state index is 10.6. The number of rotatable bonds is 3. The molecule has 0 heterocycles. The summed E-state index contributed by atoms with van der Waals surface area (Å²) in [7, 11) is 0. The van der Waals surface area contributed by atoms with Gasteiger partial charge in [-0.2, -0.15) is 0 Å². The molecule has 7 N–H and O–H groups in total. The van der Waals surface area contributed by atoms with Gasteiger partial charge in [-0.3, -0.25) is 0 Å². The third-order valence-electron chi connectivity index (χ3n) is 3.58. The monoisotopic (exact) mass is 518 g/mol. The van der Waals surface area contributed by atoms with Crippen LogP contribution in [0.1, 0.15) is 56.8 Å². The molecule has 0 spiro atoms. The van der Waals surface area contributed by atoms with Crippen LogP contribution in [0, 0.1) is 0 Å². The predicted molar refractivity (Wildman–Crippen MR) is 80.6 cm³/mol. The average Bonchev–Trinajstić information content (AvgIpc) is 2.50. The molecule has 1 unspecified atom stereocenters. The van der Waals surface area contributed by atoms with E-state index in [0.717, 1.165) is 24.6 Å². The van der Waals surface area contributed by atoms with Crippen LogP contribution >= 0.6 is 0 Å². The summed E-state index contributed by atoms with van der Waals surface area (Å²) in [5.74, 6) is -4.20. The van der Waals surface area contributed by atoms with Crippen molar-refractivity contribution in [2.24, 2.45) is 11.5 Å². The van der Waals surface area contributed by atoms with E-state index in [4.69, 9.17) is 26.8 Å². The number of carboxylic acid groups (broad SMARTS) is 3. The van der Waals surface area contributed by atoms with Gasteiger partial charge in [0.1, 0.15) is 0 Å². The number of nitrogens with two attached hydrogens (primary N) is 2. The molecule has 9 heteroatoms. The van der Waals surface area contributed by atoms with Gasteiger partial charge >= 0.3 is 84.8 Å². The van der Waals surface area contributed by atoms with Crippen molar-refractivity contribution in [1.82, 2.24) is 0 Å². The van der Waals surface area contributed by atoms with Crippen LogP contribution in [-0.4, -0.2) is 38.9 Å². The Morgan fingerprint density at radius 1 is 1.00 bits per heavy atom. The molecule has 0 amide bonds. The molecule has 2 rings (SSSR count). The summed E-state index contributed by atoms with van der Waals surface area (Å²) in [5, 5.41) is 25.9. The fourth-order valence-corrected chi connectivity index (χ4v) is 2.99. The third-order valence-corrected chi connectivity index (χ3v) is 5.45. The summed E-state index contributed by atoms with van der Waals surface area (Å²) in [6.07, 6.45) is 4.67. The largest absolute Gasteiger partial charge is 0.478 e. The standard InChI is InChI=1S/C9H6O6.C6H13N2.Pt/c10-7(11)4-1-2-5(8(12)13)6(3-4)9(14)15;7-6(8)4-2-1-3-5-6;/h1-3H,(H,10,11)(H,12,13)(H,14,15);4H,1-3,5,7-8H2;. The summed E-state index contributed by atoms with van der Waals surface area (Å²) in [5.41, 5.74) is 9.97. The molecule has 1 aliphatic carbocycles. The van der Waals surface area contributed by atoms with Crippen molar-refractivity contribution in [1.29, 1.82) is 0 Å². The van der Waals surface area contributed by atoms with Gasteiger partial charge in [-0.05, 0) is 18.2 Å². The zero-order chi connectivity index (χ0) is 18.5. The number of benzene rings is 1. The van der Waals surface area contributed by atoms with Crippen molar-refractivity contribution in [3.05, 3.63) is 34.9 Å². The number of aromatic carboxylic acids is 3. The first-order valence-electron chi connectivity index (χ1n) is 7.08. The summed E-state index contributed by atoms with van der Waals surface area (Å²) in [6, 6.07) is 2.81. The first-order chi connectivity index (χ1) is 11.1. The third kappa shape index (κ3) is 5.40. The second-order valence-electron chi connectivity index (χ2n) is 5.46. The minimum absolute atomic E-state index is 0.266. The molecule has 1 fully saturated rings. The van der Waals surface area contributed by atoms with Gasteiger partial charge in [-0.15, -0.1) is 0 Å². The maximum Gasteiger partial charge on any atom is 0.336 e. The molecule has 24 heavy (non-hydrogen) atoms. The van der Waals surface area contributed by atoms with Crippen LogP contribution in [0.25, 0.3) is 0 Å². The van der Waals surface area contributed by atoms with Gasteiger partial charge in [0.05, 0.1) is 16.7 Å². The summed E-state index contributed by atoms with van der Waals surface area (Å²) < 4.78 is 0.478. The molecular weight excluding hydrogens is 499 g/mol. The number of hydrogen-bond acceptors (Lipinski definition) is 5. The quantitative estimate of drug-likeness (QED) is 0.374. The van der Waals surface area contributed by atoms with Crippen molar-refractivity contribution < 1.29 is 49.5 Å². The van der Waals surface area contributed by atoms with Crippen LogP contribution in [-0.2, 0) is 19.8 Å². The molecule has 1 atom stereocenters. The smallest absolute Gasteiger partial charge is 0.336 e. The second-order valence-corrected chi connectivity index (χ2v) is 7.04. The van der Waals surface area contributed by atoms with Gasteiger partial charge in [0.2, 0.25) is 0 Å². The van der Waals surface area contributed by atoms with Gasteiger partial charge in [0, 0.05) is 0 Å². The van der Waals surface area contributed by atoms with Gasteiger partial charge in [-0.1, -0.05) is 0 Å². The SMILES string of the molecule is NC1(N)CCCC[CH]1[Pt].O=C(O)c1ccc(C(=O)O)c(C(=O)O)c1. The maximum atomic E-state index is 10.6. The fourth-order valence-electron chi connectivity index (χ4n) is 2.20. The van der Waals surface area contributed by atoms with Crippen LogP contribution < -0.4 is 11.5 Å². The van der Waals surface area contributed by atoms with E-state index in [1.807, 2.05) is 0 Å². The van der Waals surface area contributed by atoms with E-state index in [2.05, 4.69) is 19.8 Å². The van der Waals surface area contributed by atoms with Crippen molar-refractivity contribution in [3.8, 4) is 0 Å². The molecule has 1 aliphatic rings. The van der Waals surface area contributed by atoms with E-state index in [-0.39, 0.29) is 11.2 Å². The summed E-state index contributed by atoms with van der Waals surface area (Å²) >= 11 is 2.33. The average molecular weight is 518 g/mol. The van der Waals surface area contributed by atoms with Crippen LogP contribution in [0.5, 0.6) is 0 Å². The molecule has 0 aromatic heterocycles. The number of hydrogen-bond donors (Lipinski definition) is 5. The zero-order valence-electron chi connectivity index (χ0n) is 12.7. The molecule has 0 saturated heterocycles. The minimum atomic E-state index is -1.48. The van der Waals surface area contributed by atoms with Gasteiger partial charge in [0.25, 0.3) is 0 Å². The Bertz CT molecular complexity index is 647. The second kappa shape index (κ2) is 8.37. The minimum Gasteiger partial charge on any atom is -0.478 e. The van der Waals surface area contributed by atoms with Gasteiger partial charge < -0.3 is 15.3 Å². The van der Waals surface area contributed by atoms with Gasteiger partial charge in [-0.25, -0.2) is 14.4 Å². The molecule has 135 valence electrons. The predicted octanol–water partition coefficient (Wildman–Crippen LogP) is 1.29. The summed E-state index contributed by atoms with van der Waals surface area (Å²) in [4.78, 5) is 31.8. The molecule has 1 aromatic rings. The normalized spacial score (nSPS) is 18.9. The molecule has 0 radical (unpaired) electrons. The fraction of sp³-hybridized carbons (Fsp3) is 0.400. The first-order valence-corrected chi connectivity index (χ1v) is 8.39. The van der Waals surface area contributed by atoms with Crippen molar-refractivity contribution in [3.63, 3.8) is 0 Å². The van der Waals surface area contributed by atoms with E-state index < -0.39 is 29.0 Å². The van der Waals surface area contributed by atoms with Crippen molar-refractivity contribution >= 4 is 17.9 Å². The van der Waals surface area contributed by atoms with E-state index in [9.17, 15) is 14.4 Å². The van der Waals surface area contributed by atoms with E-state index >= 15 is 0 Å². The van der Waals surface area contributed by atoms with E-state index in [1.165, 1.54) is 19.3 Å². The molecule has 8 nitrogen and oxygen atoms in total. The summed E-state index contributed by atoms with van der Waals surface area (Å²) in [6.45, 7) is 0. The van der Waals surface area contributed by atoms with E-state index in [1.54, 1.807) is 0 Å². The first kappa shape index (κ1) is 20.3. The molecule has 0 aliphatic heterocycles. The van der Waals surface area contributed by atoms with E-state index in [0.29, 0.717) is 4.31 Å². The number of carbonyl (C=O) groups is 3. The molecular formula is C15H19N2O6Pt. The zero-order valence-corrected chi connectivity index (χ0v) is 14.9. The molecule has 1 aromatic carbocycles. The van der Waals surface area contributed by atoms with Crippen LogP contribution in [0.4, 0.5) is 0 Å². The Labute approximate surface area is 149 Å². The molecule has 1 saturated carbocycles. The van der Waals surface area contributed by atoms with Crippen molar-refractivity contribution in [2.45, 2.75) is 35.7 Å². The van der Waals surface area contributed by atoms with Crippen LogP contribution in [0.3, 0.4) is 0 Å². The topological polar surface area (TPSA) is 164 Å². The number of carboxylic acids is 3.